The van der Waals surface area contributed by atoms with Crippen LogP contribution in [0.15, 0.2) is 29.6 Å². The average Bonchev–Trinajstić information content (AvgIpc) is 3.29. The average molecular weight is 416 g/mol. The minimum absolute atomic E-state index is 0.0620. The number of benzene rings is 1. The molecular formula is C22H29N3O3S. The van der Waals surface area contributed by atoms with Crippen LogP contribution in [-0.2, 0) is 4.74 Å². The number of methoxy groups -OCH3 is 1. The number of thiazole rings is 1. The van der Waals surface area contributed by atoms with Crippen LogP contribution in [-0.4, -0.2) is 61.3 Å². The first-order valence-electron chi connectivity index (χ1n) is 10.4. The van der Waals surface area contributed by atoms with E-state index < -0.39 is 0 Å². The molecular weight excluding hydrogens is 386 g/mol. The fraction of sp³-hybridized carbons (Fsp3) is 0.545. The van der Waals surface area contributed by atoms with E-state index >= 15 is 0 Å². The van der Waals surface area contributed by atoms with Crippen molar-refractivity contribution in [3.05, 3.63) is 35.3 Å². The van der Waals surface area contributed by atoms with Gasteiger partial charge in [0.25, 0.3) is 5.91 Å². The van der Waals surface area contributed by atoms with Crippen LogP contribution in [0.25, 0.3) is 10.6 Å². The lowest BCUT2D eigenvalue weighted by Gasteiger charge is -2.48. The van der Waals surface area contributed by atoms with E-state index in [0.717, 1.165) is 55.5 Å². The molecule has 1 aliphatic heterocycles. The largest absolute Gasteiger partial charge is 0.497 e. The molecule has 2 fully saturated rings. The van der Waals surface area contributed by atoms with Crippen molar-refractivity contribution >= 4 is 17.2 Å². The number of carbonyl (C=O) groups excluding carboxylic acids is 1. The fourth-order valence-corrected chi connectivity index (χ4v) is 5.24. The van der Waals surface area contributed by atoms with E-state index in [4.69, 9.17) is 9.47 Å². The predicted octanol–water partition coefficient (Wildman–Crippen LogP) is 3.58. The summed E-state index contributed by atoms with van der Waals surface area (Å²) < 4.78 is 10.7. The van der Waals surface area contributed by atoms with Crippen LogP contribution < -0.4 is 10.1 Å². The van der Waals surface area contributed by atoms with E-state index in [1.165, 1.54) is 30.6 Å². The minimum atomic E-state index is -0.0841. The Hall–Kier alpha value is -1.96. The van der Waals surface area contributed by atoms with Crippen LogP contribution in [0.4, 0.5) is 0 Å². The standard InChI is InChI=1S/C22H29N3O3S/c1-27-18-7-5-17(6-8-18)21-24-19(15-29-21)20(26)23-16-22(9-3-2-4-10-22)25-11-13-28-14-12-25/h5-8,15H,2-4,9-14,16H2,1H3,(H,23,26). The molecule has 7 heteroatoms. The molecule has 1 aromatic carbocycles. The molecule has 1 amide bonds. The molecule has 1 saturated carbocycles. The van der Waals surface area contributed by atoms with E-state index in [1.807, 2.05) is 29.6 Å². The Labute approximate surface area is 176 Å². The summed E-state index contributed by atoms with van der Waals surface area (Å²) in [5.41, 5.74) is 1.55. The normalized spacial score (nSPS) is 19.6. The van der Waals surface area contributed by atoms with Crippen molar-refractivity contribution in [3.8, 4) is 16.3 Å². The van der Waals surface area contributed by atoms with Gasteiger partial charge in [-0.05, 0) is 37.1 Å². The first-order chi connectivity index (χ1) is 14.2. The SMILES string of the molecule is COc1ccc(-c2nc(C(=O)NCC3(N4CCOCC4)CCCCC3)cs2)cc1. The van der Waals surface area contributed by atoms with Crippen molar-refractivity contribution in [2.24, 2.45) is 0 Å². The topological polar surface area (TPSA) is 63.7 Å². The first kappa shape index (κ1) is 20.3. The van der Waals surface area contributed by atoms with E-state index in [0.29, 0.717) is 12.2 Å². The van der Waals surface area contributed by atoms with Crippen LogP contribution in [0.1, 0.15) is 42.6 Å². The summed E-state index contributed by atoms with van der Waals surface area (Å²) >= 11 is 1.49. The minimum Gasteiger partial charge on any atom is -0.497 e. The molecule has 1 N–H and O–H groups in total. The van der Waals surface area contributed by atoms with E-state index in [9.17, 15) is 4.79 Å². The Morgan fingerprint density at radius 3 is 2.62 bits per heavy atom. The van der Waals surface area contributed by atoms with Gasteiger partial charge in [0.15, 0.2) is 0 Å². The third kappa shape index (κ3) is 4.63. The van der Waals surface area contributed by atoms with Gasteiger partial charge in [-0.3, -0.25) is 9.69 Å². The van der Waals surface area contributed by atoms with E-state index in [1.54, 1.807) is 7.11 Å². The molecule has 2 aromatic rings. The molecule has 0 spiro atoms. The maximum atomic E-state index is 12.8. The molecule has 2 heterocycles. The zero-order chi connectivity index (χ0) is 20.1. The Bertz CT molecular complexity index is 809. The Balaban J connectivity index is 1.42. The van der Waals surface area contributed by atoms with Gasteiger partial charge in [0.1, 0.15) is 16.5 Å². The number of nitrogens with one attached hydrogen (secondary N) is 1. The molecule has 156 valence electrons. The number of rotatable bonds is 6. The quantitative estimate of drug-likeness (QED) is 0.781. The van der Waals surface area contributed by atoms with Crippen LogP contribution in [0.2, 0.25) is 0 Å². The highest BCUT2D eigenvalue weighted by molar-refractivity contribution is 7.13. The number of nitrogens with zero attached hydrogens (tertiary/aromatic N) is 2. The highest BCUT2D eigenvalue weighted by atomic mass is 32.1. The molecule has 0 bridgehead atoms. The van der Waals surface area contributed by atoms with E-state index in [-0.39, 0.29) is 11.4 Å². The second-order valence-corrected chi connectivity index (χ2v) is 8.69. The molecule has 0 radical (unpaired) electrons. The van der Waals surface area contributed by atoms with Gasteiger partial charge in [0, 0.05) is 36.1 Å². The summed E-state index contributed by atoms with van der Waals surface area (Å²) in [7, 11) is 1.65. The molecule has 2 aliphatic rings. The number of ether oxygens (including phenoxy) is 2. The van der Waals surface area contributed by atoms with Gasteiger partial charge in [0.05, 0.1) is 20.3 Å². The van der Waals surface area contributed by atoms with Gasteiger partial charge in [-0.25, -0.2) is 4.98 Å². The molecule has 1 aromatic heterocycles. The van der Waals surface area contributed by atoms with Gasteiger partial charge >= 0.3 is 0 Å². The second-order valence-electron chi connectivity index (χ2n) is 7.83. The molecule has 4 rings (SSSR count). The van der Waals surface area contributed by atoms with Crippen molar-refractivity contribution in [2.75, 3.05) is 40.0 Å². The fourth-order valence-electron chi connectivity index (χ4n) is 4.43. The number of aromatic nitrogens is 1. The summed E-state index contributed by atoms with van der Waals surface area (Å²) in [6, 6.07) is 7.75. The summed E-state index contributed by atoms with van der Waals surface area (Å²) in [5, 5.41) is 5.88. The van der Waals surface area contributed by atoms with Gasteiger partial charge in [-0.2, -0.15) is 0 Å². The Kier molecular flexibility index (Phi) is 6.47. The molecule has 0 atom stereocenters. The lowest BCUT2D eigenvalue weighted by molar-refractivity contribution is -0.0361. The molecule has 1 aliphatic carbocycles. The zero-order valence-electron chi connectivity index (χ0n) is 17.0. The van der Waals surface area contributed by atoms with Crippen molar-refractivity contribution < 1.29 is 14.3 Å². The summed E-state index contributed by atoms with van der Waals surface area (Å²) in [5.74, 6) is 0.725. The number of carbonyl (C=O) groups is 1. The van der Waals surface area contributed by atoms with Crippen molar-refractivity contribution in [2.45, 2.75) is 37.6 Å². The van der Waals surface area contributed by atoms with Crippen LogP contribution in [0.3, 0.4) is 0 Å². The maximum Gasteiger partial charge on any atom is 0.270 e. The predicted molar refractivity (Wildman–Crippen MR) is 115 cm³/mol. The van der Waals surface area contributed by atoms with E-state index in [2.05, 4.69) is 15.2 Å². The summed E-state index contributed by atoms with van der Waals surface area (Å²) in [6.07, 6.45) is 6.03. The summed E-state index contributed by atoms with van der Waals surface area (Å²) in [6.45, 7) is 4.16. The maximum absolute atomic E-state index is 12.8. The van der Waals surface area contributed by atoms with Gasteiger partial charge in [-0.15, -0.1) is 11.3 Å². The zero-order valence-corrected chi connectivity index (χ0v) is 17.8. The van der Waals surface area contributed by atoms with Crippen molar-refractivity contribution in [1.29, 1.82) is 0 Å². The third-order valence-corrected chi connectivity index (χ3v) is 7.01. The number of amides is 1. The Morgan fingerprint density at radius 2 is 1.93 bits per heavy atom. The third-order valence-electron chi connectivity index (χ3n) is 6.12. The molecule has 1 saturated heterocycles. The van der Waals surface area contributed by atoms with Crippen molar-refractivity contribution in [3.63, 3.8) is 0 Å². The summed E-state index contributed by atoms with van der Waals surface area (Å²) in [4.78, 5) is 19.9. The highest BCUT2D eigenvalue weighted by Crippen LogP contribution is 2.34. The molecule has 0 unspecified atom stereocenters. The smallest absolute Gasteiger partial charge is 0.270 e. The van der Waals surface area contributed by atoms with Gasteiger partial charge < -0.3 is 14.8 Å². The van der Waals surface area contributed by atoms with Crippen LogP contribution in [0, 0.1) is 0 Å². The Morgan fingerprint density at radius 1 is 1.21 bits per heavy atom. The second kappa shape index (κ2) is 9.24. The van der Waals surface area contributed by atoms with Gasteiger partial charge in [0.2, 0.25) is 0 Å². The van der Waals surface area contributed by atoms with Crippen LogP contribution in [0.5, 0.6) is 5.75 Å². The monoisotopic (exact) mass is 415 g/mol. The number of hydrogen-bond donors (Lipinski definition) is 1. The molecule has 29 heavy (non-hydrogen) atoms. The first-order valence-corrected chi connectivity index (χ1v) is 11.3. The molecule has 6 nitrogen and oxygen atoms in total. The number of hydrogen-bond acceptors (Lipinski definition) is 6. The highest BCUT2D eigenvalue weighted by Gasteiger charge is 2.39. The lowest BCUT2D eigenvalue weighted by Crippen LogP contribution is -2.59. The van der Waals surface area contributed by atoms with Crippen LogP contribution >= 0.6 is 11.3 Å². The lowest BCUT2D eigenvalue weighted by atomic mass is 9.79. The number of morpholine rings is 1. The van der Waals surface area contributed by atoms with Gasteiger partial charge in [-0.1, -0.05) is 19.3 Å². The van der Waals surface area contributed by atoms with Crippen molar-refractivity contribution in [1.82, 2.24) is 15.2 Å².